The first kappa shape index (κ1) is 14.5. The molecule has 0 bridgehead atoms. The molecule has 1 aliphatic heterocycles. The van der Waals surface area contributed by atoms with Gasteiger partial charge in [0.25, 0.3) is 0 Å². The van der Waals surface area contributed by atoms with Crippen molar-refractivity contribution in [2.45, 2.75) is 6.42 Å². The predicted octanol–water partition coefficient (Wildman–Crippen LogP) is 0.597. The highest BCUT2D eigenvalue weighted by atomic mass is 19.1. The van der Waals surface area contributed by atoms with E-state index >= 15 is 0 Å². The first-order chi connectivity index (χ1) is 9.54. The van der Waals surface area contributed by atoms with E-state index in [0.29, 0.717) is 31.7 Å². The van der Waals surface area contributed by atoms with Crippen LogP contribution in [0.1, 0.15) is 5.56 Å². The fourth-order valence-electron chi connectivity index (χ4n) is 2.28. The Bertz CT molecular complexity index is 499. The molecule has 1 N–H and O–H groups in total. The summed E-state index contributed by atoms with van der Waals surface area (Å²) in [5.74, 6) is -1.25. The van der Waals surface area contributed by atoms with Crippen molar-refractivity contribution >= 4 is 11.9 Å². The summed E-state index contributed by atoms with van der Waals surface area (Å²) < 4.78 is 13.0. The molecule has 1 aliphatic rings. The van der Waals surface area contributed by atoms with Crippen LogP contribution in [-0.2, 0) is 16.0 Å². The molecule has 0 saturated carbocycles. The standard InChI is InChI=1S/C14H17FN2O3/c15-12-3-1-2-11(8-12)9-13(18)17-6-4-16(5-7-17)10-14(19)20/h1-3,8H,4-7,9-10H2,(H,19,20). The Kier molecular flexibility index (Phi) is 4.68. The van der Waals surface area contributed by atoms with Crippen LogP contribution in [0.25, 0.3) is 0 Å². The van der Waals surface area contributed by atoms with Crippen LogP contribution in [0.5, 0.6) is 0 Å². The van der Waals surface area contributed by atoms with Gasteiger partial charge >= 0.3 is 5.97 Å². The summed E-state index contributed by atoms with van der Waals surface area (Å²) in [7, 11) is 0. The molecule has 20 heavy (non-hydrogen) atoms. The van der Waals surface area contributed by atoms with E-state index in [-0.39, 0.29) is 24.7 Å². The van der Waals surface area contributed by atoms with Gasteiger partial charge in [-0.05, 0) is 17.7 Å². The molecule has 0 spiro atoms. The Balaban J connectivity index is 1.84. The van der Waals surface area contributed by atoms with Gasteiger partial charge in [0.15, 0.2) is 0 Å². The van der Waals surface area contributed by atoms with Gasteiger partial charge < -0.3 is 10.0 Å². The molecule has 0 unspecified atom stereocenters. The van der Waals surface area contributed by atoms with E-state index in [2.05, 4.69) is 0 Å². The molecule has 0 atom stereocenters. The van der Waals surface area contributed by atoms with Crippen LogP contribution in [0.2, 0.25) is 0 Å². The number of nitrogens with zero attached hydrogens (tertiary/aromatic N) is 2. The molecule has 5 nitrogen and oxygen atoms in total. The summed E-state index contributed by atoms with van der Waals surface area (Å²) in [6.45, 7) is 2.15. The summed E-state index contributed by atoms with van der Waals surface area (Å²) >= 11 is 0. The summed E-state index contributed by atoms with van der Waals surface area (Å²) in [6, 6.07) is 6.02. The van der Waals surface area contributed by atoms with Crippen molar-refractivity contribution in [2.24, 2.45) is 0 Å². The van der Waals surface area contributed by atoms with E-state index in [1.165, 1.54) is 12.1 Å². The molecule has 0 aliphatic carbocycles. The second-order valence-electron chi connectivity index (χ2n) is 4.86. The fraction of sp³-hybridized carbons (Fsp3) is 0.429. The minimum Gasteiger partial charge on any atom is -0.480 e. The zero-order chi connectivity index (χ0) is 14.5. The highest BCUT2D eigenvalue weighted by Crippen LogP contribution is 2.08. The SMILES string of the molecule is O=C(O)CN1CCN(C(=O)Cc2cccc(F)c2)CC1. The first-order valence-electron chi connectivity index (χ1n) is 6.51. The number of carbonyl (C=O) groups is 2. The maximum absolute atomic E-state index is 13.0. The molecule has 1 aromatic rings. The molecular weight excluding hydrogens is 263 g/mol. The second kappa shape index (κ2) is 6.47. The maximum Gasteiger partial charge on any atom is 0.317 e. The Hall–Kier alpha value is -1.95. The average Bonchev–Trinajstić information content (AvgIpc) is 2.38. The Labute approximate surface area is 116 Å². The van der Waals surface area contributed by atoms with E-state index in [1.54, 1.807) is 21.9 Å². The monoisotopic (exact) mass is 280 g/mol. The van der Waals surface area contributed by atoms with E-state index in [4.69, 9.17) is 5.11 Å². The number of amides is 1. The van der Waals surface area contributed by atoms with Crippen LogP contribution in [-0.4, -0.2) is 59.5 Å². The van der Waals surface area contributed by atoms with Crippen molar-refractivity contribution < 1.29 is 19.1 Å². The van der Waals surface area contributed by atoms with Gasteiger partial charge in [-0.25, -0.2) is 4.39 Å². The number of benzene rings is 1. The smallest absolute Gasteiger partial charge is 0.317 e. The largest absolute Gasteiger partial charge is 0.480 e. The quantitative estimate of drug-likeness (QED) is 0.877. The molecule has 1 aromatic carbocycles. The molecule has 0 aromatic heterocycles. The summed E-state index contributed by atoms with van der Waals surface area (Å²) in [4.78, 5) is 26.2. The van der Waals surface area contributed by atoms with Gasteiger partial charge in [-0.3, -0.25) is 14.5 Å². The predicted molar refractivity (Wildman–Crippen MR) is 70.8 cm³/mol. The number of hydrogen-bond donors (Lipinski definition) is 1. The van der Waals surface area contributed by atoms with Crippen LogP contribution >= 0.6 is 0 Å². The van der Waals surface area contributed by atoms with Gasteiger partial charge in [0, 0.05) is 26.2 Å². The number of carbonyl (C=O) groups excluding carboxylic acids is 1. The number of carboxylic acids is 1. The lowest BCUT2D eigenvalue weighted by molar-refractivity contribution is -0.139. The van der Waals surface area contributed by atoms with Crippen LogP contribution in [0.4, 0.5) is 4.39 Å². The third-order valence-electron chi connectivity index (χ3n) is 3.33. The van der Waals surface area contributed by atoms with Gasteiger partial charge in [-0.15, -0.1) is 0 Å². The van der Waals surface area contributed by atoms with E-state index in [1.807, 2.05) is 0 Å². The molecular formula is C14H17FN2O3. The normalized spacial score (nSPS) is 16.1. The third-order valence-corrected chi connectivity index (χ3v) is 3.33. The Morgan fingerprint density at radius 1 is 1.20 bits per heavy atom. The lowest BCUT2D eigenvalue weighted by Gasteiger charge is -2.33. The number of rotatable bonds is 4. The minimum absolute atomic E-state index is 0.00588. The van der Waals surface area contributed by atoms with Crippen LogP contribution in [0, 0.1) is 5.82 Å². The van der Waals surface area contributed by atoms with Crippen molar-refractivity contribution in [3.8, 4) is 0 Å². The first-order valence-corrected chi connectivity index (χ1v) is 6.51. The highest BCUT2D eigenvalue weighted by Gasteiger charge is 2.22. The second-order valence-corrected chi connectivity index (χ2v) is 4.86. The molecule has 1 heterocycles. The van der Waals surface area contributed by atoms with Gasteiger partial charge in [0.05, 0.1) is 13.0 Å². The van der Waals surface area contributed by atoms with Gasteiger partial charge in [0.1, 0.15) is 5.82 Å². The lowest BCUT2D eigenvalue weighted by Crippen LogP contribution is -2.50. The van der Waals surface area contributed by atoms with Crippen molar-refractivity contribution in [1.29, 1.82) is 0 Å². The Morgan fingerprint density at radius 2 is 1.90 bits per heavy atom. The third kappa shape index (κ3) is 4.03. The average molecular weight is 280 g/mol. The molecule has 1 amide bonds. The van der Waals surface area contributed by atoms with Crippen molar-refractivity contribution in [3.05, 3.63) is 35.6 Å². The molecule has 6 heteroatoms. The zero-order valence-corrected chi connectivity index (χ0v) is 11.1. The fourth-order valence-corrected chi connectivity index (χ4v) is 2.28. The maximum atomic E-state index is 13.0. The number of hydrogen-bond acceptors (Lipinski definition) is 3. The highest BCUT2D eigenvalue weighted by molar-refractivity contribution is 5.79. The number of aliphatic carboxylic acids is 1. The lowest BCUT2D eigenvalue weighted by atomic mass is 10.1. The van der Waals surface area contributed by atoms with Gasteiger partial charge in [0.2, 0.25) is 5.91 Å². The summed E-state index contributed by atoms with van der Waals surface area (Å²) in [5, 5.41) is 8.70. The van der Waals surface area contributed by atoms with E-state index in [0.717, 1.165) is 0 Å². The Morgan fingerprint density at radius 3 is 2.50 bits per heavy atom. The molecule has 1 saturated heterocycles. The minimum atomic E-state index is -0.857. The summed E-state index contributed by atoms with van der Waals surface area (Å²) in [6.07, 6.45) is 0.177. The number of carboxylic acid groups (broad SMARTS) is 1. The van der Waals surface area contributed by atoms with Crippen molar-refractivity contribution in [1.82, 2.24) is 9.80 Å². The topological polar surface area (TPSA) is 60.9 Å². The van der Waals surface area contributed by atoms with Gasteiger partial charge in [-0.1, -0.05) is 12.1 Å². The summed E-state index contributed by atoms with van der Waals surface area (Å²) in [5.41, 5.74) is 0.656. The van der Waals surface area contributed by atoms with Gasteiger partial charge in [-0.2, -0.15) is 0 Å². The molecule has 0 radical (unpaired) electrons. The molecule has 108 valence electrons. The molecule has 2 rings (SSSR count). The zero-order valence-electron chi connectivity index (χ0n) is 11.1. The molecule has 1 fully saturated rings. The van der Waals surface area contributed by atoms with Crippen LogP contribution in [0.3, 0.4) is 0 Å². The van der Waals surface area contributed by atoms with E-state index < -0.39 is 5.97 Å². The van der Waals surface area contributed by atoms with Crippen LogP contribution < -0.4 is 0 Å². The number of piperazine rings is 1. The number of halogens is 1. The van der Waals surface area contributed by atoms with E-state index in [9.17, 15) is 14.0 Å². The van der Waals surface area contributed by atoms with Crippen molar-refractivity contribution in [2.75, 3.05) is 32.7 Å². The van der Waals surface area contributed by atoms with Crippen molar-refractivity contribution in [3.63, 3.8) is 0 Å². The van der Waals surface area contributed by atoms with Crippen LogP contribution in [0.15, 0.2) is 24.3 Å².